The van der Waals surface area contributed by atoms with Crippen LogP contribution in [0.2, 0.25) is 0 Å². The van der Waals surface area contributed by atoms with E-state index in [1.54, 1.807) is 0 Å². The van der Waals surface area contributed by atoms with Gasteiger partial charge < -0.3 is 10.2 Å². The number of nitrogens with one attached hydrogen (secondary N) is 1. The van der Waals surface area contributed by atoms with Crippen molar-refractivity contribution in [1.82, 2.24) is 9.97 Å². The zero-order valence-corrected chi connectivity index (χ0v) is 12.1. The van der Waals surface area contributed by atoms with Gasteiger partial charge in [0.2, 0.25) is 0 Å². The van der Waals surface area contributed by atoms with Crippen LogP contribution in [0.4, 0.5) is 11.6 Å². The van der Waals surface area contributed by atoms with Crippen LogP contribution < -0.4 is 10.2 Å². The Labute approximate surface area is 110 Å². The minimum Gasteiger partial charge on any atom is -0.373 e. The summed E-state index contributed by atoms with van der Waals surface area (Å²) in [6, 6.07) is 0.475. The van der Waals surface area contributed by atoms with Crippen LogP contribution in [0.1, 0.15) is 38.1 Å². The number of hydrogen-bond donors (Lipinski definition) is 1. The van der Waals surface area contributed by atoms with Crippen molar-refractivity contribution in [3.63, 3.8) is 0 Å². The minimum absolute atomic E-state index is 0.475. The van der Waals surface area contributed by atoms with E-state index in [-0.39, 0.29) is 0 Å². The fourth-order valence-corrected chi connectivity index (χ4v) is 2.26. The van der Waals surface area contributed by atoms with E-state index in [0.717, 1.165) is 35.5 Å². The topological polar surface area (TPSA) is 41.1 Å². The third kappa shape index (κ3) is 2.74. The van der Waals surface area contributed by atoms with Gasteiger partial charge in [0.05, 0.1) is 0 Å². The molecule has 1 aromatic heterocycles. The van der Waals surface area contributed by atoms with Gasteiger partial charge in [0.15, 0.2) is 0 Å². The number of anilines is 2. The molecule has 1 aliphatic rings. The lowest BCUT2D eigenvalue weighted by Crippen LogP contribution is -2.34. The molecule has 1 N–H and O–H groups in total. The van der Waals surface area contributed by atoms with Crippen LogP contribution in [0.5, 0.6) is 0 Å². The second-order valence-electron chi connectivity index (χ2n) is 5.51. The van der Waals surface area contributed by atoms with E-state index in [9.17, 15) is 0 Å². The van der Waals surface area contributed by atoms with Gasteiger partial charge in [0.1, 0.15) is 17.5 Å². The van der Waals surface area contributed by atoms with E-state index in [0.29, 0.717) is 6.04 Å². The molecule has 1 fully saturated rings. The van der Waals surface area contributed by atoms with Crippen molar-refractivity contribution in [1.29, 1.82) is 0 Å². The fourth-order valence-electron chi connectivity index (χ4n) is 2.26. The molecule has 0 saturated heterocycles. The quantitative estimate of drug-likeness (QED) is 0.870. The molecule has 0 amide bonds. The molecular formula is C14H24N4. The third-order valence-electron chi connectivity index (χ3n) is 3.52. The van der Waals surface area contributed by atoms with Crippen molar-refractivity contribution >= 4 is 11.6 Å². The molecule has 2 rings (SSSR count). The van der Waals surface area contributed by atoms with E-state index < -0.39 is 0 Å². The first-order chi connectivity index (χ1) is 8.52. The Hall–Kier alpha value is -1.32. The lowest BCUT2D eigenvalue weighted by molar-refractivity contribution is 0.632. The van der Waals surface area contributed by atoms with E-state index in [1.807, 2.05) is 14.0 Å². The fraction of sp³-hybridized carbons (Fsp3) is 0.714. The summed E-state index contributed by atoms with van der Waals surface area (Å²) in [6.07, 6.45) is 2.73. The molecule has 4 heteroatoms. The Bertz CT molecular complexity index is 424. The summed E-state index contributed by atoms with van der Waals surface area (Å²) in [5.74, 6) is 3.73. The molecule has 1 aromatic rings. The lowest BCUT2D eigenvalue weighted by atomic mass is 10.2. The first-order valence-electron chi connectivity index (χ1n) is 6.82. The number of rotatable bonds is 5. The Morgan fingerprint density at radius 3 is 2.44 bits per heavy atom. The Morgan fingerprint density at radius 2 is 1.94 bits per heavy atom. The van der Waals surface area contributed by atoms with Crippen LogP contribution in [0, 0.1) is 19.8 Å². The maximum absolute atomic E-state index is 4.66. The molecule has 4 nitrogen and oxygen atoms in total. The summed E-state index contributed by atoms with van der Waals surface area (Å²) in [6.45, 7) is 9.65. The summed E-state index contributed by atoms with van der Waals surface area (Å²) in [4.78, 5) is 11.5. The van der Waals surface area contributed by atoms with Crippen molar-refractivity contribution in [2.24, 2.45) is 5.92 Å². The summed E-state index contributed by atoms with van der Waals surface area (Å²) in [5, 5.41) is 3.16. The number of nitrogens with zero attached hydrogens (tertiary/aromatic N) is 3. The molecule has 0 bridgehead atoms. The number of hydrogen-bond acceptors (Lipinski definition) is 4. The molecule has 18 heavy (non-hydrogen) atoms. The summed E-state index contributed by atoms with van der Waals surface area (Å²) < 4.78 is 0. The van der Waals surface area contributed by atoms with Gasteiger partial charge in [-0.2, -0.15) is 0 Å². The first-order valence-corrected chi connectivity index (χ1v) is 6.82. The second-order valence-corrected chi connectivity index (χ2v) is 5.51. The first kappa shape index (κ1) is 13.1. The van der Waals surface area contributed by atoms with Gasteiger partial charge in [-0.3, -0.25) is 0 Å². The number of aromatic nitrogens is 2. The lowest BCUT2D eigenvalue weighted by Gasteiger charge is -2.30. The van der Waals surface area contributed by atoms with Crippen LogP contribution in [0.15, 0.2) is 0 Å². The minimum atomic E-state index is 0.475. The Morgan fingerprint density at radius 1 is 1.28 bits per heavy atom. The molecule has 1 saturated carbocycles. The van der Waals surface area contributed by atoms with Crippen LogP contribution in [0.3, 0.4) is 0 Å². The normalized spacial score (nSPS) is 15.0. The van der Waals surface area contributed by atoms with Gasteiger partial charge in [-0.1, -0.05) is 0 Å². The van der Waals surface area contributed by atoms with E-state index in [1.165, 1.54) is 12.8 Å². The van der Waals surface area contributed by atoms with Gasteiger partial charge >= 0.3 is 0 Å². The predicted octanol–water partition coefficient (Wildman–Crippen LogP) is 2.76. The van der Waals surface area contributed by atoms with Crippen LogP contribution >= 0.6 is 0 Å². The molecule has 1 heterocycles. The second kappa shape index (κ2) is 5.12. The van der Waals surface area contributed by atoms with Crippen LogP contribution in [-0.4, -0.2) is 29.6 Å². The standard InChI is InChI=1S/C14H24N4/c1-9(2)18(8-12-6-7-12)14-10(3)13(15-5)16-11(4)17-14/h9,12H,6-8H2,1-5H3,(H,15,16,17). The number of aryl methyl sites for hydroxylation is 1. The monoisotopic (exact) mass is 248 g/mol. The molecule has 0 aromatic carbocycles. The highest BCUT2D eigenvalue weighted by Gasteiger charge is 2.27. The molecule has 0 radical (unpaired) electrons. The molecule has 1 aliphatic carbocycles. The maximum Gasteiger partial charge on any atom is 0.137 e. The Balaban J connectivity index is 2.35. The highest BCUT2D eigenvalue weighted by atomic mass is 15.2. The van der Waals surface area contributed by atoms with Crippen molar-refractivity contribution < 1.29 is 0 Å². The summed E-state index contributed by atoms with van der Waals surface area (Å²) in [5.41, 5.74) is 1.15. The van der Waals surface area contributed by atoms with Crippen molar-refractivity contribution in [2.45, 2.75) is 46.6 Å². The smallest absolute Gasteiger partial charge is 0.137 e. The SMILES string of the molecule is CNc1nc(C)nc(N(CC2CC2)C(C)C)c1C. The highest BCUT2D eigenvalue weighted by Crippen LogP contribution is 2.33. The zero-order valence-electron chi connectivity index (χ0n) is 12.1. The highest BCUT2D eigenvalue weighted by molar-refractivity contribution is 5.58. The zero-order chi connectivity index (χ0) is 13.3. The largest absolute Gasteiger partial charge is 0.373 e. The van der Waals surface area contributed by atoms with Crippen LogP contribution in [-0.2, 0) is 0 Å². The van der Waals surface area contributed by atoms with Gasteiger partial charge in [0.25, 0.3) is 0 Å². The van der Waals surface area contributed by atoms with Crippen molar-refractivity contribution in [2.75, 3.05) is 23.8 Å². The van der Waals surface area contributed by atoms with Crippen molar-refractivity contribution in [3.05, 3.63) is 11.4 Å². The van der Waals surface area contributed by atoms with Gasteiger partial charge in [-0.05, 0) is 46.5 Å². The molecule has 0 aliphatic heterocycles. The van der Waals surface area contributed by atoms with Gasteiger partial charge in [-0.15, -0.1) is 0 Å². The van der Waals surface area contributed by atoms with Gasteiger partial charge in [-0.25, -0.2) is 9.97 Å². The van der Waals surface area contributed by atoms with E-state index in [2.05, 4.69) is 41.0 Å². The molecular weight excluding hydrogens is 224 g/mol. The predicted molar refractivity (Wildman–Crippen MR) is 76.3 cm³/mol. The molecule has 0 spiro atoms. The summed E-state index contributed by atoms with van der Waals surface area (Å²) >= 11 is 0. The Kier molecular flexibility index (Phi) is 3.73. The van der Waals surface area contributed by atoms with Gasteiger partial charge in [0, 0.05) is 25.2 Å². The summed E-state index contributed by atoms with van der Waals surface area (Å²) in [7, 11) is 1.92. The average molecular weight is 248 g/mol. The molecule has 0 atom stereocenters. The molecule has 100 valence electrons. The van der Waals surface area contributed by atoms with Crippen LogP contribution in [0.25, 0.3) is 0 Å². The maximum atomic E-state index is 4.66. The van der Waals surface area contributed by atoms with E-state index >= 15 is 0 Å². The third-order valence-corrected chi connectivity index (χ3v) is 3.52. The van der Waals surface area contributed by atoms with E-state index in [4.69, 9.17) is 0 Å². The molecule has 0 unspecified atom stereocenters. The van der Waals surface area contributed by atoms with Crippen molar-refractivity contribution in [3.8, 4) is 0 Å². The average Bonchev–Trinajstić information content (AvgIpc) is 3.12.